The standard InChI is InChI=1S/C17H20N6S/c1-12-2-3-14(24-12)11-23-8-4-13(5-9-23)16-20-17(22-21-16)15-10-18-6-7-19-15/h2-3,6-7,10,13H,4-5,8-9,11H2,1H3,(H,20,21,22). The fourth-order valence-corrected chi connectivity index (χ4v) is 4.07. The summed E-state index contributed by atoms with van der Waals surface area (Å²) in [6.45, 7) is 5.43. The third kappa shape index (κ3) is 3.37. The van der Waals surface area contributed by atoms with Gasteiger partial charge in [0.05, 0.1) is 6.20 Å². The van der Waals surface area contributed by atoms with E-state index < -0.39 is 0 Å². The number of rotatable bonds is 4. The summed E-state index contributed by atoms with van der Waals surface area (Å²) in [5.41, 5.74) is 0.713. The largest absolute Gasteiger partial charge is 0.298 e. The first-order valence-electron chi connectivity index (χ1n) is 8.24. The number of piperidine rings is 1. The zero-order valence-corrected chi connectivity index (χ0v) is 14.5. The number of nitrogens with zero attached hydrogens (tertiary/aromatic N) is 5. The second-order valence-electron chi connectivity index (χ2n) is 6.20. The van der Waals surface area contributed by atoms with Gasteiger partial charge < -0.3 is 0 Å². The number of aromatic nitrogens is 5. The van der Waals surface area contributed by atoms with E-state index in [1.807, 2.05) is 11.3 Å². The van der Waals surface area contributed by atoms with Crippen molar-refractivity contribution in [3.63, 3.8) is 0 Å². The summed E-state index contributed by atoms with van der Waals surface area (Å²) in [6, 6.07) is 4.45. The van der Waals surface area contributed by atoms with E-state index in [0.29, 0.717) is 17.4 Å². The van der Waals surface area contributed by atoms with E-state index in [-0.39, 0.29) is 0 Å². The molecule has 1 fully saturated rings. The number of aromatic amines is 1. The topological polar surface area (TPSA) is 70.6 Å². The number of hydrogen-bond acceptors (Lipinski definition) is 6. The predicted molar refractivity (Wildman–Crippen MR) is 93.7 cm³/mol. The molecule has 1 saturated heterocycles. The van der Waals surface area contributed by atoms with Gasteiger partial charge in [0, 0.05) is 34.6 Å². The number of thiophene rings is 1. The molecule has 0 radical (unpaired) electrons. The van der Waals surface area contributed by atoms with Crippen LogP contribution in [0.4, 0.5) is 0 Å². The maximum absolute atomic E-state index is 4.63. The van der Waals surface area contributed by atoms with Crippen LogP contribution in [0.3, 0.4) is 0 Å². The summed E-state index contributed by atoms with van der Waals surface area (Å²) in [5, 5.41) is 7.40. The van der Waals surface area contributed by atoms with Crippen LogP contribution in [0.25, 0.3) is 11.5 Å². The van der Waals surface area contributed by atoms with E-state index in [2.05, 4.69) is 49.1 Å². The molecule has 124 valence electrons. The smallest absolute Gasteiger partial charge is 0.201 e. The summed E-state index contributed by atoms with van der Waals surface area (Å²) in [7, 11) is 0. The molecule has 0 spiro atoms. The van der Waals surface area contributed by atoms with Gasteiger partial charge in [0.2, 0.25) is 5.82 Å². The van der Waals surface area contributed by atoms with Gasteiger partial charge in [-0.25, -0.2) is 9.97 Å². The van der Waals surface area contributed by atoms with Gasteiger partial charge in [0.15, 0.2) is 0 Å². The van der Waals surface area contributed by atoms with E-state index in [1.165, 1.54) is 9.75 Å². The summed E-state index contributed by atoms with van der Waals surface area (Å²) in [5.74, 6) is 2.06. The van der Waals surface area contributed by atoms with Crippen LogP contribution in [0.2, 0.25) is 0 Å². The molecular formula is C17H20N6S. The van der Waals surface area contributed by atoms with Crippen molar-refractivity contribution in [2.24, 2.45) is 0 Å². The first kappa shape index (κ1) is 15.4. The minimum absolute atomic E-state index is 0.448. The Labute approximate surface area is 145 Å². The van der Waals surface area contributed by atoms with Crippen molar-refractivity contribution in [2.45, 2.75) is 32.2 Å². The molecule has 6 nitrogen and oxygen atoms in total. The van der Waals surface area contributed by atoms with Crippen molar-refractivity contribution in [3.8, 4) is 11.5 Å². The third-order valence-corrected chi connectivity index (χ3v) is 5.43. The number of likely N-dealkylation sites (tertiary alicyclic amines) is 1. The zero-order valence-electron chi connectivity index (χ0n) is 13.6. The average Bonchev–Trinajstić information content (AvgIpc) is 3.26. The lowest BCUT2D eigenvalue weighted by Crippen LogP contribution is -2.32. The van der Waals surface area contributed by atoms with E-state index >= 15 is 0 Å². The SMILES string of the molecule is Cc1ccc(CN2CCC(c3nc(-c4cnccn4)n[nH]3)CC2)s1. The Hall–Kier alpha value is -2.12. The van der Waals surface area contributed by atoms with Crippen LogP contribution in [0.15, 0.2) is 30.7 Å². The second kappa shape index (κ2) is 6.78. The van der Waals surface area contributed by atoms with E-state index in [9.17, 15) is 0 Å². The van der Waals surface area contributed by atoms with Crippen molar-refractivity contribution < 1.29 is 0 Å². The highest BCUT2D eigenvalue weighted by atomic mass is 32.1. The molecule has 4 rings (SSSR count). The fourth-order valence-electron chi connectivity index (χ4n) is 3.14. The first-order chi connectivity index (χ1) is 11.8. The predicted octanol–water partition coefficient (Wildman–Crippen LogP) is 3.01. The van der Waals surface area contributed by atoms with Crippen LogP contribution >= 0.6 is 11.3 Å². The molecule has 0 aliphatic carbocycles. The Morgan fingerprint density at radius 1 is 1.25 bits per heavy atom. The molecule has 24 heavy (non-hydrogen) atoms. The summed E-state index contributed by atoms with van der Waals surface area (Å²) >= 11 is 1.90. The molecule has 0 aromatic carbocycles. The number of aryl methyl sites for hydroxylation is 1. The maximum atomic E-state index is 4.63. The van der Waals surface area contributed by atoms with Crippen molar-refractivity contribution >= 4 is 11.3 Å². The molecule has 4 heterocycles. The lowest BCUT2D eigenvalue weighted by Gasteiger charge is -2.30. The highest BCUT2D eigenvalue weighted by molar-refractivity contribution is 7.11. The number of nitrogens with one attached hydrogen (secondary N) is 1. The quantitative estimate of drug-likeness (QED) is 0.790. The highest BCUT2D eigenvalue weighted by Gasteiger charge is 2.24. The Kier molecular flexibility index (Phi) is 4.36. The Balaban J connectivity index is 1.37. The van der Waals surface area contributed by atoms with E-state index in [4.69, 9.17) is 0 Å². The van der Waals surface area contributed by atoms with Gasteiger partial charge in [0.1, 0.15) is 11.5 Å². The van der Waals surface area contributed by atoms with Gasteiger partial charge in [-0.3, -0.25) is 15.0 Å². The fraction of sp³-hybridized carbons (Fsp3) is 0.412. The van der Waals surface area contributed by atoms with Crippen LogP contribution in [0.5, 0.6) is 0 Å². The van der Waals surface area contributed by atoms with Gasteiger partial charge in [-0.2, -0.15) is 5.10 Å². The molecule has 0 bridgehead atoms. The van der Waals surface area contributed by atoms with Crippen molar-refractivity contribution in [2.75, 3.05) is 13.1 Å². The first-order valence-corrected chi connectivity index (χ1v) is 9.06. The highest BCUT2D eigenvalue weighted by Crippen LogP contribution is 2.28. The average molecular weight is 340 g/mol. The maximum Gasteiger partial charge on any atom is 0.201 e. The van der Waals surface area contributed by atoms with E-state index in [1.54, 1.807) is 18.6 Å². The monoisotopic (exact) mass is 340 g/mol. The second-order valence-corrected chi connectivity index (χ2v) is 7.57. The van der Waals surface area contributed by atoms with Crippen LogP contribution in [-0.4, -0.2) is 43.1 Å². The molecule has 3 aromatic rings. The molecule has 3 aromatic heterocycles. The molecule has 7 heteroatoms. The van der Waals surface area contributed by atoms with Crippen molar-refractivity contribution in [3.05, 3.63) is 46.3 Å². The minimum atomic E-state index is 0.448. The van der Waals surface area contributed by atoms with Crippen LogP contribution in [0.1, 0.15) is 34.3 Å². The third-order valence-electron chi connectivity index (χ3n) is 4.44. The van der Waals surface area contributed by atoms with Crippen molar-refractivity contribution in [1.29, 1.82) is 0 Å². The molecule has 1 N–H and O–H groups in total. The number of H-pyrrole nitrogens is 1. The van der Waals surface area contributed by atoms with E-state index in [0.717, 1.165) is 38.3 Å². The molecule has 1 aliphatic heterocycles. The summed E-state index contributed by atoms with van der Waals surface area (Å²) < 4.78 is 0. The van der Waals surface area contributed by atoms with Gasteiger partial charge in [0.25, 0.3) is 0 Å². The molecule has 0 atom stereocenters. The number of hydrogen-bond donors (Lipinski definition) is 1. The van der Waals surface area contributed by atoms with Gasteiger partial charge in [-0.1, -0.05) is 0 Å². The lowest BCUT2D eigenvalue weighted by molar-refractivity contribution is 0.203. The van der Waals surface area contributed by atoms with Gasteiger partial charge in [-0.15, -0.1) is 11.3 Å². The Bertz CT molecular complexity index is 788. The van der Waals surface area contributed by atoms with Crippen LogP contribution in [-0.2, 0) is 6.54 Å². The van der Waals surface area contributed by atoms with Gasteiger partial charge >= 0.3 is 0 Å². The lowest BCUT2D eigenvalue weighted by atomic mass is 9.96. The molecule has 0 saturated carbocycles. The summed E-state index contributed by atoms with van der Waals surface area (Å²) in [4.78, 5) is 18.3. The Morgan fingerprint density at radius 3 is 2.83 bits per heavy atom. The Morgan fingerprint density at radius 2 is 2.12 bits per heavy atom. The van der Waals surface area contributed by atoms with Crippen molar-refractivity contribution in [1.82, 2.24) is 30.0 Å². The molecule has 1 aliphatic rings. The minimum Gasteiger partial charge on any atom is -0.298 e. The molecule has 0 amide bonds. The zero-order chi connectivity index (χ0) is 16.4. The normalized spacial score (nSPS) is 16.5. The van der Waals surface area contributed by atoms with Crippen LogP contribution < -0.4 is 0 Å². The summed E-state index contributed by atoms with van der Waals surface area (Å²) in [6.07, 6.45) is 7.23. The molecular weight excluding hydrogens is 320 g/mol. The van der Waals surface area contributed by atoms with Crippen LogP contribution in [0, 0.1) is 6.92 Å². The molecule has 0 unspecified atom stereocenters. The van der Waals surface area contributed by atoms with Gasteiger partial charge in [-0.05, 0) is 45.0 Å².